The number of rotatable bonds is 8. The third-order valence-corrected chi connectivity index (χ3v) is 5.58. The van der Waals surface area contributed by atoms with E-state index in [9.17, 15) is 4.79 Å². The number of nitrogens with zero attached hydrogens (tertiary/aromatic N) is 1. The lowest BCUT2D eigenvalue weighted by Crippen LogP contribution is -3.13. The van der Waals surface area contributed by atoms with Gasteiger partial charge in [0.15, 0.2) is 6.54 Å². The van der Waals surface area contributed by atoms with Crippen LogP contribution >= 0.6 is 0 Å². The highest BCUT2D eigenvalue weighted by Crippen LogP contribution is 2.30. The van der Waals surface area contributed by atoms with Gasteiger partial charge in [-0.05, 0) is 50.2 Å². The minimum absolute atomic E-state index is 0.141. The Kier molecular flexibility index (Phi) is 7.22. The number of likely N-dealkylation sites (tertiary alicyclic amines) is 1. The van der Waals surface area contributed by atoms with E-state index in [-0.39, 0.29) is 5.91 Å². The van der Waals surface area contributed by atoms with E-state index in [4.69, 9.17) is 4.98 Å². The van der Waals surface area contributed by atoms with Crippen molar-refractivity contribution >= 4 is 22.5 Å². The summed E-state index contributed by atoms with van der Waals surface area (Å²) in [5.74, 6) is 0.141. The summed E-state index contributed by atoms with van der Waals surface area (Å²) in [5, 5.41) is 4.38. The van der Waals surface area contributed by atoms with Gasteiger partial charge < -0.3 is 10.2 Å². The number of fused-ring (bicyclic) bond motifs is 1. The summed E-state index contributed by atoms with van der Waals surface area (Å²) in [6, 6.07) is 8.22. The zero-order valence-corrected chi connectivity index (χ0v) is 16.9. The van der Waals surface area contributed by atoms with Crippen molar-refractivity contribution in [3.63, 3.8) is 0 Å². The number of unbranched alkanes of at least 4 members (excludes halogenated alkanes) is 1. The van der Waals surface area contributed by atoms with Crippen LogP contribution in [0.25, 0.3) is 10.9 Å². The second kappa shape index (κ2) is 9.84. The van der Waals surface area contributed by atoms with Crippen LogP contribution in [0.5, 0.6) is 0 Å². The van der Waals surface area contributed by atoms with Crippen LogP contribution in [0.4, 0.5) is 5.69 Å². The molecule has 1 aromatic heterocycles. The largest absolute Gasteiger partial charge is 0.327 e. The molecule has 0 saturated carbocycles. The SMILES string of the molecule is CCCCc1nc2ccccc2c(NC(=O)C[NH+]2CCCCC2)c1CCC. The first-order chi connectivity index (χ1) is 13.2. The second-order valence-electron chi connectivity index (χ2n) is 7.82. The molecule has 2 aromatic rings. The number of carbonyl (C=O) groups excluding carboxylic acids is 1. The van der Waals surface area contributed by atoms with E-state index < -0.39 is 0 Å². The molecule has 0 spiro atoms. The number of hydrogen-bond donors (Lipinski definition) is 2. The number of pyridine rings is 1. The number of quaternary nitrogens is 1. The van der Waals surface area contributed by atoms with E-state index in [1.165, 1.54) is 29.7 Å². The van der Waals surface area contributed by atoms with Crippen molar-refractivity contribution in [2.24, 2.45) is 0 Å². The normalized spacial score (nSPS) is 15.2. The molecule has 0 bridgehead atoms. The quantitative estimate of drug-likeness (QED) is 0.749. The molecule has 0 aliphatic carbocycles. The fourth-order valence-electron chi connectivity index (χ4n) is 4.15. The summed E-state index contributed by atoms with van der Waals surface area (Å²) < 4.78 is 0. The van der Waals surface area contributed by atoms with Gasteiger partial charge in [0.05, 0.1) is 24.3 Å². The van der Waals surface area contributed by atoms with Gasteiger partial charge in [0.1, 0.15) is 0 Å². The van der Waals surface area contributed by atoms with E-state index in [0.29, 0.717) is 6.54 Å². The van der Waals surface area contributed by atoms with E-state index in [1.807, 2.05) is 12.1 Å². The van der Waals surface area contributed by atoms with Gasteiger partial charge in [0, 0.05) is 11.1 Å². The molecule has 1 saturated heterocycles. The number of aromatic nitrogens is 1. The molecule has 1 aliphatic heterocycles. The van der Waals surface area contributed by atoms with Crippen molar-refractivity contribution in [3.05, 3.63) is 35.5 Å². The highest BCUT2D eigenvalue weighted by Gasteiger charge is 2.20. The number of benzene rings is 1. The highest BCUT2D eigenvalue weighted by atomic mass is 16.2. The minimum Gasteiger partial charge on any atom is -0.327 e. The lowest BCUT2D eigenvalue weighted by molar-refractivity contribution is -0.896. The van der Waals surface area contributed by atoms with Gasteiger partial charge in [0.25, 0.3) is 5.91 Å². The van der Waals surface area contributed by atoms with E-state index in [1.54, 1.807) is 0 Å². The monoisotopic (exact) mass is 368 g/mol. The van der Waals surface area contributed by atoms with Gasteiger partial charge in [-0.25, -0.2) is 0 Å². The van der Waals surface area contributed by atoms with Crippen LogP contribution in [0.3, 0.4) is 0 Å². The molecule has 3 rings (SSSR count). The molecule has 146 valence electrons. The van der Waals surface area contributed by atoms with E-state index >= 15 is 0 Å². The van der Waals surface area contributed by atoms with Crippen molar-refractivity contribution < 1.29 is 9.69 Å². The van der Waals surface area contributed by atoms with Crippen LogP contribution in [-0.2, 0) is 17.6 Å². The first-order valence-electron chi connectivity index (χ1n) is 10.8. The van der Waals surface area contributed by atoms with Crippen LogP contribution in [0.1, 0.15) is 63.6 Å². The van der Waals surface area contributed by atoms with E-state index in [2.05, 4.69) is 31.3 Å². The first kappa shape index (κ1) is 19.8. The number of nitrogens with one attached hydrogen (secondary N) is 2. The molecule has 1 aliphatic rings. The zero-order valence-electron chi connectivity index (χ0n) is 16.9. The van der Waals surface area contributed by atoms with Gasteiger partial charge in [0.2, 0.25) is 0 Å². The van der Waals surface area contributed by atoms with E-state index in [0.717, 1.165) is 67.5 Å². The molecule has 2 N–H and O–H groups in total. The third kappa shape index (κ3) is 5.07. The van der Waals surface area contributed by atoms with Crippen molar-refractivity contribution in [1.29, 1.82) is 0 Å². The summed E-state index contributed by atoms with van der Waals surface area (Å²) >= 11 is 0. The Bertz CT molecular complexity index is 766. The van der Waals surface area contributed by atoms with Crippen LogP contribution in [0.2, 0.25) is 0 Å². The number of aryl methyl sites for hydroxylation is 1. The fraction of sp³-hybridized carbons (Fsp3) is 0.565. The average molecular weight is 369 g/mol. The molecular formula is C23H34N3O+. The molecule has 2 heterocycles. The molecule has 0 unspecified atom stereocenters. The molecule has 4 nitrogen and oxygen atoms in total. The molecule has 1 fully saturated rings. The summed E-state index contributed by atoms with van der Waals surface area (Å²) in [5.41, 5.74) is 4.41. The number of piperidine rings is 1. The molecule has 27 heavy (non-hydrogen) atoms. The van der Waals surface area contributed by atoms with Gasteiger partial charge in [-0.3, -0.25) is 9.78 Å². The molecule has 0 radical (unpaired) electrons. The Morgan fingerprint density at radius 3 is 2.59 bits per heavy atom. The van der Waals surface area contributed by atoms with Crippen LogP contribution < -0.4 is 10.2 Å². The molecule has 4 heteroatoms. The molecule has 1 amide bonds. The first-order valence-corrected chi connectivity index (χ1v) is 10.8. The van der Waals surface area contributed by atoms with Gasteiger partial charge in [-0.2, -0.15) is 0 Å². The zero-order chi connectivity index (χ0) is 19.1. The van der Waals surface area contributed by atoms with Crippen molar-refractivity contribution in [1.82, 2.24) is 4.98 Å². The molecule has 1 aromatic carbocycles. The fourth-order valence-corrected chi connectivity index (χ4v) is 4.15. The standard InChI is InChI=1S/C23H33N3O/c1-3-5-13-20-18(11-4-2)23(19-12-7-8-14-21(19)24-20)25-22(27)17-26-15-9-6-10-16-26/h7-8,12,14H,3-6,9-11,13,15-17H2,1-2H3,(H,24,25,27)/p+1. The lowest BCUT2D eigenvalue weighted by atomic mass is 9.98. The Labute approximate surface area is 163 Å². The maximum Gasteiger partial charge on any atom is 0.279 e. The topological polar surface area (TPSA) is 46.4 Å². The van der Waals surface area contributed by atoms with Gasteiger partial charge >= 0.3 is 0 Å². The predicted molar refractivity (Wildman–Crippen MR) is 112 cm³/mol. The summed E-state index contributed by atoms with van der Waals surface area (Å²) in [6.07, 6.45) is 9.07. The van der Waals surface area contributed by atoms with Crippen molar-refractivity contribution in [2.45, 2.75) is 65.2 Å². The summed E-state index contributed by atoms with van der Waals surface area (Å²) in [4.78, 5) is 19.2. The number of amides is 1. The second-order valence-corrected chi connectivity index (χ2v) is 7.82. The number of para-hydroxylation sites is 1. The Morgan fingerprint density at radius 2 is 1.85 bits per heavy atom. The van der Waals surface area contributed by atoms with Crippen LogP contribution in [-0.4, -0.2) is 30.5 Å². The smallest absolute Gasteiger partial charge is 0.279 e. The number of carbonyl (C=O) groups is 1. The predicted octanol–water partition coefficient (Wildman–Crippen LogP) is 3.54. The Morgan fingerprint density at radius 1 is 1.07 bits per heavy atom. The van der Waals surface area contributed by atoms with Crippen molar-refractivity contribution in [3.8, 4) is 0 Å². The average Bonchev–Trinajstić information content (AvgIpc) is 2.69. The van der Waals surface area contributed by atoms with Crippen LogP contribution in [0, 0.1) is 0 Å². The Hall–Kier alpha value is -1.94. The minimum atomic E-state index is 0.141. The molecular weight excluding hydrogens is 334 g/mol. The summed E-state index contributed by atoms with van der Waals surface area (Å²) in [6.45, 7) is 7.22. The van der Waals surface area contributed by atoms with Gasteiger partial charge in [-0.1, -0.05) is 44.9 Å². The third-order valence-electron chi connectivity index (χ3n) is 5.58. The maximum atomic E-state index is 12.9. The lowest BCUT2D eigenvalue weighted by Gasteiger charge is -2.23. The maximum absolute atomic E-state index is 12.9. The van der Waals surface area contributed by atoms with Gasteiger partial charge in [-0.15, -0.1) is 0 Å². The summed E-state index contributed by atoms with van der Waals surface area (Å²) in [7, 11) is 0. The molecule has 0 atom stereocenters. The number of hydrogen-bond acceptors (Lipinski definition) is 2. The number of anilines is 1. The highest BCUT2D eigenvalue weighted by molar-refractivity contribution is 6.02. The van der Waals surface area contributed by atoms with Crippen LogP contribution in [0.15, 0.2) is 24.3 Å². The van der Waals surface area contributed by atoms with Crippen molar-refractivity contribution in [2.75, 3.05) is 25.0 Å². The Balaban J connectivity index is 1.92.